The molecule has 104 valence electrons. The molecule has 0 spiro atoms. The normalized spacial score (nSPS) is 18.2. The van der Waals surface area contributed by atoms with E-state index in [-0.39, 0.29) is 18.3 Å². The number of nitrogens with zero attached hydrogens (tertiary/aromatic N) is 1. The molecule has 19 heavy (non-hydrogen) atoms. The highest BCUT2D eigenvalue weighted by Gasteiger charge is 2.16. The first-order valence-electron chi connectivity index (χ1n) is 5.92. The molecule has 3 N–H and O–H groups in total. The lowest BCUT2D eigenvalue weighted by Crippen LogP contribution is -2.38. The van der Waals surface area contributed by atoms with Crippen LogP contribution in [0.1, 0.15) is 21.9 Å². The standard InChI is InChI=1S/C11H15N3O4S/c15-10(16)8-6-19-9(14-8)4-13-11(17)12-3-7-1-2-18-5-7/h6-7H,1-5H2,(H,15,16)(H2,12,13,17). The van der Waals surface area contributed by atoms with Crippen LogP contribution in [0.5, 0.6) is 0 Å². The fraction of sp³-hybridized carbons (Fsp3) is 0.545. The molecule has 1 unspecified atom stereocenters. The van der Waals surface area contributed by atoms with Gasteiger partial charge < -0.3 is 20.5 Å². The number of urea groups is 1. The van der Waals surface area contributed by atoms with Crippen molar-refractivity contribution in [3.05, 3.63) is 16.1 Å². The summed E-state index contributed by atoms with van der Waals surface area (Å²) in [5, 5.41) is 16.1. The number of rotatable bonds is 5. The molecule has 8 heteroatoms. The van der Waals surface area contributed by atoms with Crippen molar-refractivity contribution in [2.45, 2.75) is 13.0 Å². The minimum Gasteiger partial charge on any atom is -0.476 e. The third-order valence-electron chi connectivity index (χ3n) is 2.75. The van der Waals surface area contributed by atoms with Crippen LogP contribution in [0.15, 0.2) is 5.38 Å². The zero-order valence-electron chi connectivity index (χ0n) is 10.2. The number of thiazole rings is 1. The molecule has 0 saturated carbocycles. The van der Waals surface area contributed by atoms with Crippen molar-refractivity contribution in [2.75, 3.05) is 19.8 Å². The molecule has 7 nitrogen and oxygen atoms in total. The van der Waals surface area contributed by atoms with Gasteiger partial charge in [-0.05, 0) is 6.42 Å². The lowest BCUT2D eigenvalue weighted by molar-refractivity contribution is 0.0691. The highest BCUT2D eigenvalue weighted by Crippen LogP contribution is 2.11. The van der Waals surface area contributed by atoms with Gasteiger partial charge in [-0.3, -0.25) is 0 Å². The minimum absolute atomic E-state index is 0.00492. The molecule has 0 bridgehead atoms. The van der Waals surface area contributed by atoms with Crippen molar-refractivity contribution in [1.29, 1.82) is 0 Å². The van der Waals surface area contributed by atoms with Gasteiger partial charge in [0.2, 0.25) is 0 Å². The largest absolute Gasteiger partial charge is 0.476 e. The number of aromatic carboxylic acids is 1. The summed E-state index contributed by atoms with van der Waals surface area (Å²) in [5.41, 5.74) is 0.00492. The number of aromatic nitrogens is 1. The number of hydrogen-bond donors (Lipinski definition) is 3. The maximum atomic E-state index is 11.5. The first-order valence-corrected chi connectivity index (χ1v) is 6.80. The average molecular weight is 285 g/mol. The number of nitrogens with one attached hydrogen (secondary N) is 2. The Labute approximate surface area is 114 Å². The summed E-state index contributed by atoms with van der Waals surface area (Å²) in [5.74, 6) is -0.683. The van der Waals surface area contributed by atoms with E-state index in [1.54, 1.807) is 0 Å². The molecule has 2 heterocycles. The zero-order valence-corrected chi connectivity index (χ0v) is 11.0. The van der Waals surface area contributed by atoms with E-state index in [2.05, 4.69) is 15.6 Å². The Bertz CT molecular complexity index is 457. The molecule has 1 aliphatic heterocycles. The first kappa shape index (κ1) is 13.8. The van der Waals surface area contributed by atoms with Crippen molar-refractivity contribution >= 4 is 23.3 Å². The molecule has 1 fully saturated rings. The van der Waals surface area contributed by atoms with Gasteiger partial charge in [0, 0.05) is 24.4 Å². The van der Waals surface area contributed by atoms with Gasteiger partial charge in [-0.15, -0.1) is 11.3 Å². The molecule has 0 aliphatic carbocycles. The molecule has 1 aromatic heterocycles. The number of hydrogen-bond acceptors (Lipinski definition) is 5. The van der Waals surface area contributed by atoms with Gasteiger partial charge in [0.1, 0.15) is 5.01 Å². The minimum atomic E-state index is -1.06. The number of amides is 2. The number of carboxylic acid groups (broad SMARTS) is 1. The van der Waals surface area contributed by atoms with E-state index in [9.17, 15) is 9.59 Å². The summed E-state index contributed by atoms with van der Waals surface area (Å²) < 4.78 is 5.21. The molecule has 0 radical (unpaired) electrons. The molecule has 2 amide bonds. The summed E-state index contributed by atoms with van der Waals surface area (Å²) in [6, 6.07) is -0.279. The molecule has 1 aliphatic rings. The van der Waals surface area contributed by atoms with Gasteiger partial charge in [0.25, 0.3) is 0 Å². The smallest absolute Gasteiger partial charge is 0.355 e. The maximum Gasteiger partial charge on any atom is 0.355 e. The van der Waals surface area contributed by atoms with Crippen molar-refractivity contribution < 1.29 is 19.4 Å². The Morgan fingerprint density at radius 1 is 1.53 bits per heavy atom. The number of ether oxygens (including phenoxy) is 1. The Hall–Kier alpha value is -1.67. The molecule has 1 saturated heterocycles. The van der Waals surface area contributed by atoms with Crippen LogP contribution in [-0.4, -0.2) is 41.8 Å². The summed E-state index contributed by atoms with van der Waals surface area (Å²) in [4.78, 5) is 26.0. The van der Waals surface area contributed by atoms with E-state index in [4.69, 9.17) is 9.84 Å². The quantitative estimate of drug-likeness (QED) is 0.738. The van der Waals surface area contributed by atoms with Crippen LogP contribution in [0, 0.1) is 5.92 Å². The van der Waals surface area contributed by atoms with Crippen LogP contribution in [0.4, 0.5) is 4.79 Å². The van der Waals surface area contributed by atoms with E-state index in [1.807, 2.05) is 0 Å². The zero-order chi connectivity index (χ0) is 13.7. The molecule has 2 rings (SSSR count). The number of carbonyl (C=O) groups excluding carboxylic acids is 1. The van der Waals surface area contributed by atoms with E-state index >= 15 is 0 Å². The van der Waals surface area contributed by atoms with Gasteiger partial charge in [0.15, 0.2) is 5.69 Å². The highest BCUT2D eigenvalue weighted by molar-refractivity contribution is 7.09. The molecular formula is C11H15N3O4S. The van der Waals surface area contributed by atoms with Gasteiger partial charge in [0.05, 0.1) is 13.2 Å². The molecule has 1 aromatic rings. The Kier molecular flexibility index (Phi) is 4.69. The predicted octanol–water partition coefficient (Wildman–Crippen LogP) is 0.677. The SMILES string of the molecule is O=C(NCc1nc(C(=O)O)cs1)NCC1CCOC1. The van der Waals surface area contributed by atoms with Gasteiger partial charge >= 0.3 is 12.0 Å². The van der Waals surface area contributed by atoms with E-state index in [0.717, 1.165) is 13.0 Å². The second-order valence-electron chi connectivity index (χ2n) is 4.22. The fourth-order valence-electron chi connectivity index (χ4n) is 1.69. The van der Waals surface area contributed by atoms with Crippen molar-refractivity contribution in [3.63, 3.8) is 0 Å². The summed E-state index contributed by atoms with van der Waals surface area (Å²) >= 11 is 1.21. The van der Waals surface area contributed by atoms with Crippen LogP contribution in [0.3, 0.4) is 0 Å². The first-order chi connectivity index (χ1) is 9.15. The van der Waals surface area contributed by atoms with Crippen molar-refractivity contribution in [2.24, 2.45) is 5.92 Å². The summed E-state index contributed by atoms with van der Waals surface area (Å²) in [6.07, 6.45) is 0.967. The van der Waals surface area contributed by atoms with Gasteiger partial charge in [-0.1, -0.05) is 0 Å². The lowest BCUT2D eigenvalue weighted by Gasteiger charge is -2.09. The van der Waals surface area contributed by atoms with E-state index < -0.39 is 5.97 Å². The predicted molar refractivity (Wildman–Crippen MR) is 68.2 cm³/mol. The third kappa shape index (κ3) is 4.18. The van der Waals surface area contributed by atoms with E-state index in [0.29, 0.717) is 24.1 Å². The Balaban J connectivity index is 1.68. The summed E-state index contributed by atoms with van der Waals surface area (Å²) in [7, 11) is 0. The highest BCUT2D eigenvalue weighted by atomic mass is 32.1. The molecule has 1 atom stereocenters. The molecular weight excluding hydrogens is 270 g/mol. The van der Waals surface area contributed by atoms with Gasteiger partial charge in [-0.2, -0.15) is 0 Å². The number of carboxylic acids is 1. The van der Waals surface area contributed by atoms with Crippen LogP contribution >= 0.6 is 11.3 Å². The Morgan fingerprint density at radius 2 is 2.37 bits per heavy atom. The van der Waals surface area contributed by atoms with Gasteiger partial charge in [-0.25, -0.2) is 14.6 Å². The monoisotopic (exact) mass is 285 g/mol. The molecule has 0 aromatic carbocycles. The second-order valence-corrected chi connectivity index (χ2v) is 5.17. The third-order valence-corrected chi connectivity index (χ3v) is 3.60. The second kappa shape index (κ2) is 6.48. The van der Waals surface area contributed by atoms with Crippen LogP contribution in [0.2, 0.25) is 0 Å². The van der Waals surface area contributed by atoms with Crippen molar-refractivity contribution in [3.8, 4) is 0 Å². The topological polar surface area (TPSA) is 101 Å². The van der Waals surface area contributed by atoms with Crippen LogP contribution in [0.25, 0.3) is 0 Å². The van der Waals surface area contributed by atoms with Crippen molar-refractivity contribution in [1.82, 2.24) is 15.6 Å². The fourth-order valence-corrected chi connectivity index (χ4v) is 2.40. The van der Waals surface area contributed by atoms with E-state index in [1.165, 1.54) is 16.7 Å². The summed E-state index contributed by atoms with van der Waals surface area (Å²) in [6.45, 7) is 2.26. The maximum absolute atomic E-state index is 11.5. The van der Waals surface area contributed by atoms with Crippen LogP contribution in [-0.2, 0) is 11.3 Å². The lowest BCUT2D eigenvalue weighted by atomic mass is 10.1. The Morgan fingerprint density at radius 3 is 3.00 bits per heavy atom. The average Bonchev–Trinajstić information content (AvgIpc) is 3.05. The number of carbonyl (C=O) groups is 2. The van der Waals surface area contributed by atoms with Crippen LogP contribution < -0.4 is 10.6 Å².